The van der Waals surface area contributed by atoms with Crippen molar-refractivity contribution >= 4 is 23.3 Å². The number of thiophene rings is 1. The largest absolute Gasteiger partial charge is 0.351 e. The Morgan fingerprint density at radius 2 is 1.65 bits per heavy atom. The first-order valence-electron chi connectivity index (χ1n) is 7.63. The van der Waals surface area contributed by atoms with Crippen LogP contribution in [-0.4, -0.2) is 47.9 Å². The molecule has 1 aliphatic rings. The van der Waals surface area contributed by atoms with Gasteiger partial charge in [-0.15, -0.1) is 11.3 Å². The van der Waals surface area contributed by atoms with Gasteiger partial charge in [0.2, 0.25) is 0 Å². The van der Waals surface area contributed by atoms with E-state index in [1.807, 2.05) is 46.7 Å². The minimum Gasteiger partial charge on any atom is -0.351 e. The fourth-order valence-corrected chi connectivity index (χ4v) is 3.69. The van der Waals surface area contributed by atoms with Crippen LogP contribution in [-0.2, 0) is 0 Å². The summed E-state index contributed by atoms with van der Waals surface area (Å²) in [5.74, 6) is 0.0326. The smallest absolute Gasteiger partial charge is 0.314 e. The van der Waals surface area contributed by atoms with E-state index < -0.39 is 6.03 Å². The fourth-order valence-electron chi connectivity index (χ4n) is 2.80. The molecule has 0 radical (unpaired) electrons. The summed E-state index contributed by atoms with van der Waals surface area (Å²) in [5.41, 5.74) is 7.35. The van der Waals surface area contributed by atoms with Crippen molar-refractivity contribution in [2.75, 3.05) is 26.2 Å². The van der Waals surface area contributed by atoms with Crippen molar-refractivity contribution < 1.29 is 9.59 Å². The Morgan fingerprint density at radius 1 is 0.957 bits per heavy atom. The highest BCUT2D eigenvalue weighted by molar-refractivity contribution is 7.12. The molecule has 1 saturated heterocycles. The van der Waals surface area contributed by atoms with Crippen molar-refractivity contribution in [2.24, 2.45) is 5.73 Å². The van der Waals surface area contributed by atoms with Crippen molar-refractivity contribution in [3.05, 3.63) is 46.7 Å². The third-order valence-corrected chi connectivity index (χ3v) is 4.94. The van der Waals surface area contributed by atoms with Gasteiger partial charge in [-0.2, -0.15) is 0 Å². The van der Waals surface area contributed by atoms with Gasteiger partial charge in [0.1, 0.15) is 0 Å². The molecule has 0 atom stereocenters. The molecule has 6 heteroatoms. The lowest BCUT2D eigenvalue weighted by Crippen LogP contribution is -2.39. The van der Waals surface area contributed by atoms with E-state index in [9.17, 15) is 9.59 Å². The van der Waals surface area contributed by atoms with E-state index in [4.69, 9.17) is 5.73 Å². The molecule has 2 aromatic rings. The maximum Gasteiger partial charge on any atom is 0.314 e. The number of nitrogens with zero attached hydrogens (tertiary/aromatic N) is 2. The average molecular weight is 329 g/mol. The number of rotatable bonds is 2. The first kappa shape index (κ1) is 15.6. The molecule has 0 spiro atoms. The highest BCUT2D eigenvalue weighted by Gasteiger charge is 2.24. The Kier molecular flexibility index (Phi) is 4.62. The van der Waals surface area contributed by atoms with Crippen LogP contribution in [0.3, 0.4) is 0 Å². The number of hydrogen-bond donors (Lipinski definition) is 1. The molecule has 3 rings (SSSR count). The summed E-state index contributed by atoms with van der Waals surface area (Å²) in [6, 6.07) is 11.5. The lowest BCUT2D eigenvalue weighted by atomic mass is 10.1. The zero-order valence-electron chi connectivity index (χ0n) is 12.8. The fraction of sp³-hybridized carbons (Fsp3) is 0.294. The quantitative estimate of drug-likeness (QED) is 0.920. The Bertz CT molecular complexity index is 699. The Hall–Kier alpha value is -2.34. The second-order valence-electron chi connectivity index (χ2n) is 5.50. The summed E-state index contributed by atoms with van der Waals surface area (Å²) >= 11 is 1.46. The summed E-state index contributed by atoms with van der Waals surface area (Å²) in [4.78, 5) is 28.4. The van der Waals surface area contributed by atoms with Gasteiger partial charge in [-0.25, -0.2) is 4.79 Å². The molecule has 0 saturated carbocycles. The molecule has 1 aromatic heterocycles. The molecule has 2 N–H and O–H groups in total. The predicted molar refractivity (Wildman–Crippen MR) is 91.4 cm³/mol. The van der Waals surface area contributed by atoms with E-state index in [0.717, 1.165) is 22.4 Å². The van der Waals surface area contributed by atoms with Gasteiger partial charge in [0.25, 0.3) is 5.91 Å². The summed E-state index contributed by atoms with van der Waals surface area (Å²) < 4.78 is 0. The lowest BCUT2D eigenvalue weighted by Gasteiger charge is -2.21. The SMILES string of the molecule is NC(=O)N1CCCN(C(=O)c2sccc2-c2ccccc2)CC1. The van der Waals surface area contributed by atoms with Crippen LogP contribution in [0.2, 0.25) is 0 Å². The molecule has 0 unspecified atom stereocenters. The first-order chi connectivity index (χ1) is 11.2. The van der Waals surface area contributed by atoms with E-state index in [2.05, 4.69) is 0 Å². The Balaban J connectivity index is 1.79. The number of amides is 3. The van der Waals surface area contributed by atoms with Crippen molar-refractivity contribution in [2.45, 2.75) is 6.42 Å². The minimum absolute atomic E-state index is 0.0326. The minimum atomic E-state index is -0.416. The molecule has 1 fully saturated rings. The summed E-state index contributed by atoms with van der Waals surface area (Å²) in [6.07, 6.45) is 0.751. The van der Waals surface area contributed by atoms with Crippen LogP contribution in [0.4, 0.5) is 4.79 Å². The highest BCUT2D eigenvalue weighted by atomic mass is 32.1. The monoisotopic (exact) mass is 329 g/mol. The molecule has 120 valence electrons. The van der Waals surface area contributed by atoms with Crippen molar-refractivity contribution in [3.8, 4) is 11.1 Å². The molecule has 1 aromatic carbocycles. The van der Waals surface area contributed by atoms with Gasteiger partial charge < -0.3 is 15.5 Å². The van der Waals surface area contributed by atoms with E-state index in [0.29, 0.717) is 26.2 Å². The highest BCUT2D eigenvalue weighted by Crippen LogP contribution is 2.29. The topological polar surface area (TPSA) is 66.6 Å². The number of urea groups is 1. The van der Waals surface area contributed by atoms with Gasteiger partial charge in [0, 0.05) is 31.7 Å². The van der Waals surface area contributed by atoms with Crippen LogP contribution < -0.4 is 5.73 Å². The second-order valence-corrected chi connectivity index (χ2v) is 6.42. The van der Waals surface area contributed by atoms with Gasteiger partial charge in [0.15, 0.2) is 0 Å². The standard InChI is InChI=1S/C17H19N3O2S/c18-17(22)20-9-4-8-19(10-11-20)16(21)15-14(7-12-23-15)13-5-2-1-3-6-13/h1-3,5-7,12H,4,8-11H2,(H2,18,22). The zero-order chi connectivity index (χ0) is 16.2. The second kappa shape index (κ2) is 6.83. The predicted octanol–water partition coefficient (Wildman–Crippen LogP) is 2.64. The normalized spacial score (nSPS) is 15.3. The van der Waals surface area contributed by atoms with Crippen LogP contribution in [0.25, 0.3) is 11.1 Å². The number of carbonyl (C=O) groups is 2. The number of hydrogen-bond acceptors (Lipinski definition) is 3. The molecule has 0 bridgehead atoms. The van der Waals surface area contributed by atoms with Crippen LogP contribution in [0.5, 0.6) is 0 Å². The summed E-state index contributed by atoms with van der Waals surface area (Å²) in [7, 11) is 0. The molecule has 1 aliphatic heterocycles. The third-order valence-electron chi connectivity index (χ3n) is 4.04. The van der Waals surface area contributed by atoms with Gasteiger partial charge in [-0.1, -0.05) is 30.3 Å². The maximum atomic E-state index is 12.9. The summed E-state index contributed by atoms with van der Waals surface area (Å²) in [6.45, 7) is 2.27. The molecule has 23 heavy (non-hydrogen) atoms. The third kappa shape index (κ3) is 3.37. The zero-order valence-corrected chi connectivity index (χ0v) is 13.6. The number of benzene rings is 1. The molecular weight excluding hydrogens is 310 g/mol. The number of carbonyl (C=O) groups excluding carboxylic acids is 2. The van der Waals surface area contributed by atoms with E-state index in [1.165, 1.54) is 11.3 Å². The maximum absolute atomic E-state index is 12.9. The van der Waals surface area contributed by atoms with Crippen molar-refractivity contribution in [1.29, 1.82) is 0 Å². The number of nitrogens with two attached hydrogens (primary N) is 1. The first-order valence-corrected chi connectivity index (χ1v) is 8.51. The average Bonchev–Trinajstić information content (AvgIpc) is 2.92. The van der Waals surface area contributed by atoms with Crippen molar-refractivity contribution in [1.82, 2.24) is 9.80 Å². The summed E-state index contributed by atoms with van der Waals surface area (Å²) in [5, 5.41) is 1.95. The van der Waals surface area contributed by atoms with Gasteiger partial charge >= 0.3 is 6.03 Å². The molecular formula is C17H19N3O2S. The van der Waals surface area contributed by atoms with Crippen LogP contribution in [0.1, 0.15) is 16.1 Å². The Morgan fingerprint density at radius 3 is 2.39 bits per heavy atom. The van der Waals surface area contributed by atoms with E-state index in [1.54, 1.807) is 4.90 Å². The van der Waals surface area contributed by atoms with Gasteiger partial charge in [-0.3, -0.25) is 4.79 Å². The number of primary amides is 1. The lowest BCUT2D eigenvalue weighted by molar-refractivity contribution is 0.0768. The van der Waals surface area contributed by atoms with Crippen molar-refractivity contribution in [3.63, 3.8) is 0 Å². The van der Waals surface area contributed by atoms with Crippen LogP contribution >= 0.6 is 11.3 Å². The van der Waals surface area contributed by atoms with Gasteiger partial charge in [-0.05, 0) is 23.4 Å². The Labute approximate surface area is 139 Å². The van der Waals surface area contributed by atoms with Gasteiger partial charge in [0.05, 0.1) is 4.88 Å². The van der Waals surface area contributed by atoms with E-state index in [-0.39, 0.29) is 5.91 Å². The molecule has 0 aliphatic carbocycles. The van der Waals surface area contributed by atoms with E-state index >= 15 is 0 Å². The van der Waals surface area contributed by atoms with Crippen LogP contribution in [0, 0.1) is 0 Å². The van der Waals surface area contributed by atoms with Crippen LogP contribution in [0.15, 0.2) is 41.8 Å². The molecule has 2 heterocycles. The molecule has 5 nitrogen and oxygen atoms in total. The molecule has 3 amide bonds.